The molecule has 1 fully saturated rings. The quantitative estimate of drug-likeness (QED) is 0.541. The first-order chi connectivity index (χ1) is 15.2. The van der Waals surface area contributed by atoms with Gasteiger partial charge in [0.25, 0.3) is 0 Å². The summed E-state index contributed by atoms with van der Waals surface area (Å²) in [6.07, 6.45) is 3.69. The van der Waals surface area contributed by atoms with Gasteiger partial charge in [0, 0.05) is 30.4 Å². The molecule has 3 aromatic rings. The second-order valence-electron chi connectivity index (χ2n) is 7.76. The molecule has 1 aliphatic rings. The average molecular weight is 417 g/mol. The van der Waals surface area contributed by atoms with Crippen molar-refractivity contribution in [2.45, 2.75) is 24.8 Å². The van der Waals surface area contributed by atoms with Crippen LogP contribution in [0.3, 0.4) is 0 Å². The summed E-state index contributed by atoms with van der Waals surface area (Å²) in [4.78, 5) is 9.22. The Morgan fingerprint density at radius 2 is 1.84 bits per heavy atom. The van der Waals surface area contributed by atoms with Gasteiger partial charge in [0.05, 0.1) is 24.5 Å². The fourth-order valence-electron chi connectivity index (χ4n) is 3.86. The van der Waals surface area contributed by atoms with Crippen molar-refractivity contribution in [2.75, 3.05) is 25.6 Å². The number of aliphatic hydroxyl groups is 1. The summed E-state index contributed by atoms with van der Waals surface area (Å²) >= 11 is 0. The van der Waals surface area contributed by atoms with E-state index in [1.54, 1.807) is 6.20 Å². The molecule has 2 heterocycles. The highest BCUT2D eigenvalue weighted by Crippen LogP contribution is 2.30. The molecule has 4 N–H and O–H groups in total. The lowest BCUT2D eigenvalue weighted by Gasteiger charge is -2.22. The summed E-state index contributed by atoms with van der Waals surface area (Å²) in [6.45, 7) is 5.64. The summed E-state index contributed by atoms with van der Waals surface area (Å²) in [5.74, 6) is 0.780. The summed E-state index contributed by atoms with van der Waals surface area (Å²) in [5.41, 5.74) is 11.4. The normalized spacial score (nSPS) is 15.4. The number of nitrogens with two attached hydrogens (primary N) is 1. The molecule has 6 heteroatoms. The van der Waals surface area contributed by atoms with E-state index in [0.717, 1.165) is 54.1 Å². The first-order valence-corrected chi connectivity index (χ1v) is 10.6. The van der Waals surface area contributed by atoms with Crippen molar-refractivity contribution < 1.29 is 9.84 Å². The van der Waals surface area contributed by atoms with Crippen LogP contribution in [0, 0.1) is 0 Å². The molecule has 0 aliphatic carbocycles. The summed E-state index contributed by atoms with van der Waals surface area (Å²) in [5, 5.41) is 13.1. The van der Waals surface area contributed by atoms with Crippen LogP contribution in [0.15, 0.2) is 67.4 Å². The van der Waals surface area contributed by atoms with E-state index >= 15 is 0 Å². The van der Waals surface area contributed by atoms with Crippen molar-refractivity contribution in [3.8, 4) is 11.3 Å². The summed E-state index contributed by atoms with van der Waals surface area (Å²) < 4.78 is 5.46. The lowest BCUT2D eigenvalue weighted by atomic mass is 9.96. The number of anilines is 1. The van der Waals surface area contributed by atoms with Crippen LogP contribution < -0.4 is 11.1 Å². The zero-order valence-electron chi connectivity index (χ0n) is 17.5. The van der Waals surface area contributed by atoms with Crippen LogP contribution in [-0.2, 0) is 4.74 Å². The number of aromatic nitrogens is 2. The maximum atomic E-state index is 9.79. The molecule has 160 valence electrons. The van der Waals surface area contributed by atoms with Crippen molar-refractivity contribution in [1.29, 1.82) is 0 Å². The molecule has 1 aromatic heterocycles. The zero-order valence-corrected chi connectivity index (χ0v) is 17.5. The van der Waals surface area contributed by atoms with E-state index in [9.17, 15) is 5.11 Å². The molecule has 6 nitrogen and oxygen atoms in total. The Balaban J connectivity index is 1.51. The number of benzene rings is 2. The predicted molar refractivity (Wildman–Crippen MR) is 123 cm³/mol. The molecule has 0 saturated carbocycles. The van der Waals surface area contributed by atoms with Gasteiger partial charge in [-0.25, -0.2) is 9.97 Å². The third-order valence-corrected chi connectivity index (χ3v) is 5.70. The van der Waals surface area contributed by atoms with Gasteiger partial charge in [-0.05, 0) is 24.0 Å². The van der Waals surface area contributed by atoms with Gasteiger partial charge in [0.1, 0.15) is 11.5 Å². The van der Waals surface area contributed by atoms with Crippen molar-refractivity contribution in [2.24, 2.45) is 0 Å². The monoisotopic (exact) mass is 416 g/mol. The molecule has 1 aliphatic heterocycles. The summed E-state index contributed by atoms with van der Waals surface area (Å²) in [7, 11) is 0. The number of hydrogen-bond acceptors (Lipinski definition) is 6. The number of nitrogens with one attached hydrogen (secondary N) is 1. The van der Waals surface area contributed by atoms with Crippen LogP contribution in [0.2, 0.25) is 0 Å². The van der Waals surface area contributed by atoms with Crippen LogP contribution >= 0.6 is 0 Å². The van der Waals surface area contributed by atoms with E-state index in [1.807, 2.05) is 54.6 Å². The first kappa shape index (κ1) is 21.0. The molecular formula is C25H28N4O2. The Morgan fingerprint density at radius 1 is 1.13 bits per heavy atom. The van der Waals surface area contributed by atoms with Crippen LogP contribution in [0.1, 0.15) is 41.6 Å². The van der Waals surface area contributed by atoms with E-state index in [-0.39, 0.29) is 12.6 Å². The largest absolute Gasteiger partial charge is 0.394 e. The molecular weight excluding hydrogens is 388 g/mol. The highest BCUT2D eigenvalue weighted by atomic mass is 16.5. The average Bonchev–Trinajstić information content (AvgIpc) is 2.84. The maximum Gasteiger partial charge on any atom is 0.150 e. The second-order valence-corrected chi connectivity index (χ2v) is 7.76. The van der Waals surface area contributed by atoms with Gasteiger partial charge in [-0.1, -0.05) is 61.2 Å². The van der Waals surface area contributed by atoms with Crippen molar-refractivity contribution in [1.82, 2.24) is 15.3 Å². The lowest BCUT2D eigenvalue weighted by Crippen LogP contribution is -2.22. The smallest absolute Gasteiger partial charge is 0.150 e. The van der Waals surface area contributed by atoms with E-state index in [2.05, 4.69) is 16.9 Å². The van der Waals surface area contributed by atoms with Crippen molar-refractivity contribution >= 4 is 11.5 Å². The lowest BCUT2D eigenvalue weighted by molar-refractivity contribution is 0.0844. The Bertz CT molecular complexity index is 1020. The Labute approximate surface area is 182 Å². The highest BCUT2D eigenvalue weighted by Gasteiger charge is 2.19. The van der Waals surface area contributed by atoms with Gasteiger partial charge < -0.3 is 20.9 Å². The van der Waals surface area contributed by atoms with E-state index in [1.165, 1.54) is 0 Å². The molecule has 0 spiro atoms. The van der Waals surface area contributed by atoms with Crippen molar-refractivity contribution in [3.05, 3.63) is 84.2 Å². The maximum absolute atomic E-state index is 9.79. The molecule has 31 heavy (non-hydrogen) atoms. The molecule has 4 rings (SSSR count). The zero-order chi connectivity index (χ0) is 21.6. The molecule has 0 radical (unpaired) electrons. The van der Waals surface area contributed by atoms with Gasteiger partial charge in [-0.2, -0.15) is 0 Å². The number of rotatable bonds is 7. The molecule has 1 atom stereocenters. The van der Waals surface area contributed by atoms with Crippen LogP contribution in [0.25, 0.3) is 17.0 Å². The molecule has 0 unspecified atom stereocenters. The first-order valence-electron chi connectivity index (χ1n) is 10.6. The molecule has 0 amide bonds. The number of hydrogen-bond donors (Lipinski definition) is 3. The topological polar surface area (TPSA) is 93.3 Å². The van der Waals surface area contributed by atoms with Gasteiger partial charge in [0.2, 0.25) is 0 Å². The van der Waals surface area contributed by atoms with Crippen LogP contribution in [0.5, 0.6) is 0 Å². The number of nitrogens with zero attached hydrogens (tertiary/aromatic N) is 2. The number of ether oxygens (including phenoxy) is 1. The van der Waals surface area contributed by atoms with Gasteiger partial charge in [-0.3, -0.25) is 0 Å². The minimum absolute atomic E-state index is 0.0216. The third-order valence-electron chi connectivity index (χ3n) is 5.70. The molecule has 1 saturated heterocycles. The predicted octanol–water partition coefficient (Wildman–Crippen LogP) is 3.91. The Kier molecular flexibility index (Phi) is 6.60. The molecule has 2 aromatic carbocycles. The highest BCUT2D eigenvalue weighted by molar-refractivity contribution is 5.72. The fourth-order valence-corrected chi connectivity index (χ4v) is 3.86. The minimum atomic E-state index is -0.217. The fraction of sp³-hybridized carbons (Fsp3) is 0.280. The van der Waals surface area contributed by atoms with Crippen molar-refractivity contribution in [3.63, 3.8) is 0 Å². The Hall–Kier alpha value is -3.22. The van der Waals surface area contributed by atoms with Gasteiger partial charge in [-0.15, -0.1) is 0 Å². The van der Waals surface area contributed by atoms with E-state index in [0.29, 0.717) is 17.4 Å². The van der Waals surface area contributed by atoms with Crippen LogP contribution in [0.4, 0.5) is 5.82 Å². The van der Waals surface area contributed by atoms with Gasteiger partial charge in [0.15, 0.2) is 0 Å². The van der Waals surface area contributed by atoms with E-state index < -0.39 is 0 Å². The summed E-state index contributed by atoms with van der Waals surface area (Å²) in [6, 6.07) is 17.5. The Morgan fingerprint density at radius 3 is 2.52 bits per heavy atom. The number of nitrogen functional groups attached to an aromatic ring is 1. The standard InChI is InChI=1S/C25H28N4O2/c1-17(28-23(16-30)19-5-3-2-4-6-19)18-7-9-21(10-8-18)24-25(26)27-15-22(29-24)20-11-13-31-14-12-20/h2-10,15,20,23,28,30H,1,11-14,16H2,(H2,26,27)/t23-/m1/s1. The van der Waals surface area contributed by atoms with E-state index in [4.69, 9.17) is 15.5 Å². The molecule has 0 bridgehead atoms. The third kappa shape index (κ3) is 4.93. The minimum Gasteiger partial charge on any atom is -0.394 e. The van der Waals surface area contributed by atoms with Crippen LogP contribution in [-0.4, -0.2) is 34.9 Å². The second kappa shape index (κ2) is 9.73. The number of aliphatic hydroxyl groups excluding tert-OH is 1. The SMILES string of the molecule is C=C(N[C@H](CO)c1ccccc1)c1ccc(-c2nc(C3CCOCC3)cnc2N)cc1. The van der Waals surface area contributed by atoms with Gasteiger partial charge >= 0.3 is 0 Å².